The maximum absolute atomic E-state index is 13.7. The summed E-state index contributed by atoms with van der Waals surface area (Å²) in [6.07, 6.45) is 0. The van der Waals surface area contributed by atoms with Gasteiger partial charge in [0.05, 0.1) is 45.2 Å². The van der Waals surface area contributed by atoms with Crippen LogP contribution in [0.2, 0.25) is 0 Å². The fraction of sp³-hybridized carbons (Fsp3) is 0.267. The minimum atomic E-state index is -0.968. The summed E-state index contributed by atoms with van der Waals surface area (Å²) in [6, 6.07) is 14.9. The number of para-hydroxylation sites is 1. The van der Waals surface area contributed by atoms with E-state index in [9.17, 15) is 14.7 Å². The third-order valence-corrected chi connectivity index (χ3v) is 7.15. The van der Waals surface area contributed by atoms with E-state index in [0.29, 0.717) is 53.0 Å². The molecule has 1 amide bonds. The second-order valence-electron chi connectivity index (χ2n) is 9.37. The second kappa shape index (κ2) is 10.2. The third-order valence-electron chi connectivity index (χ3n) is 7.15. The number of aliphatic hydroxyl groups excluding tert-OH is 1. The molecule has 2 aliphatic heterocycles. The molecule has 0 spiro atoms. The number of aryl methyl sites for hydroxylation is 1. The van der Waals surface area contributed by atoms with Gasteiger partial charge in [-0.2, -0.15) is 0 Å². The van der Waals surface area contributed by atoms with Crippen molar-refractivity contribution in [2.75, 3.05) is 51.3 Å². The van der Waals surface area contributed by atoms with Gasteiger partial charge in [-0.3, -0.25) is 14.5 Å². The highest BCUT2D eigenvalue weighted by molar-refractivity contribution is 6.51. The molecular weight excluding hydrogens is 500 g/mol. The average Bonchev–Trinajstić information content (AvgIpc) is 3.21. The first-order valence-corrected chi connectivity index (χ1v) is 12.5. The average molecular weight is 531 g/mol. The first-order valence-electron chi connectivity index (χ1n) is 12.5. The Kier molecular flexibility index (Phi) is 6.82. The van der Waals surface area contributed by atoms with Crippen molar-refractivity contribution in [3.05, 3.63) is 76.9 Å². The number of likely N-dealkylation sites (N-methyl/N-ethyl adjacent to an activating group) is 1. The lowest BCUT2D eigenvalue weighted by Crippen LogP contribution is -2.30. The van der Waals surface area contributed by atoms with Crippen LogP contribution < -0.4 is 28.7 Å². The molecule has 1 unspecified atom stereocenters. The maximum Gasteiger partial charge on any atom is 0.300 e. The minimum Gasteiger partial charge on any atom is -0.507 e. The van der Waals surface area contributed by atoms with E-state index in [-0.39, 0.29) is 11.3 Å². The number of aliphatic hydroxyl groups is 1. The van der Waals surface area contributed by atoms with Crippen molar-refractivity contribution < 1.29 is 33.6 Å². The van der Waals surface area contributed by atoms with Gasteiger partial charge in [0, 0.05) is 18.3 Å². The largest absolute Gasteiger partial charge is 0.507 e. The number of hydrogen-bond donors (Lipinski definition) is 1. The van der Waals surface area contributed by atoms with Gasteiger partial charge in [0.15, 0.2) is 11.5 Å². The molecule has 1 saturated heterocycles. The van der Waals surface area contributed by atoms with Gasteiger partial charge in [-0.25, -0.2) is 0 Å². The molecule has 3 aromatic carbocycles. The quantitative estimate of drug-likeness (QED) is 0.283. The first kappa shape index (κ1) is 26.0. The third kappa shape index (κ3) is 4.29. The zero-order valence-electron chi connectivity index (χ0n) is 22.5. The highest BCUT2D eigenvalue weighted by atomic mass is 16.5. The number of carbonyl (C=O) groups excluding carboxylic acids is 2. The van der Waals surface area contributed by atoms with E-state index < -0.39 is 17.7 Å². The van der Waals surface area contributed by atoms with Crippen molar-refractivity contribution in [2.45, 2.75) is 13.0 Å². The van der Waals surface area contributed by atoms with E-state index in [2.05, 4.69) is 0 Å². The molecule has 0 bridgehead atoms. The SMILES string of the molecule is COc1cc(C2/C(=C(\O)c3ccc4c(c3)N(C)CCO4)C(=O)C(=O)N2c2ccccc2C)cc(OC)c1OC. The first-order chi connectivity index (χ1) is 18.8. The number of ketones is 1. The zero-order valence-corrected chi connectivity index (χ0v) is 22.5. The topological polar surface area (TPSA) is 97.8 Å². The summed E-state index contributed by atoms with van der Waals surface area (Å²) < 4.78 is 22.3. The van der Waals surface area contributed by atoms with Crippen molar-refractivity contribution in [3.63, 3.8) is 0 Å². The zero-order chi connectivity index (χ0) is 27.8. The summed E-state index contributed by atoms with van der Waals surface area (Å²) in [5.74, 6) is -0.0643. The molecule has 2 heterocycles. The molecule has 202 valence electrons. The molecule has 0 saturated carbocycles. The number of fused-ring (bicyclic) bond motifs is 1. The molecule has 5 rings (SSSR count). The highest BCUT2D eigenvalue weighted by Gasteiger charge is 2.48. The van der Waals surface area contributed by atoms with E-state index >= 15 is 0 Å². The van der Waals surface area contributed by atoms with Crippen molar-refractivity contribution >= 4 is 28.8 Å². The predicted molar refractivity (Wildman–Crippen MR) is 147 cm³/mol. The van der Waals surface area contributed by atoms with E-state index in [1.165, 1.54) is 26.2 Å². The van der Waals surface area contributed by atoms with Gasteiger partial charge in [-0.1, -0.05) is 18.2 Å². The molecule has 1 N–H and O–H groups in total. The van der Waals surface area contributed by atoms with Crippen LogP contribution in [0.1, 0.15) is 22.7 Å². The van der Waals surface area contributed by atoms with Crippen LogP contribution >= 0.6 is 0 Å². The Morgan fingerprint density at radius 2 is 1.64 bits per heavy atom. The molecule has 0 aromatic heterocycles. The number of methoxy groups -OCH3 is 3. The lowest BCUT2D eigenvalue weighted by atomic mass is 9.94. The second-order valence-corrected chi connectivity index (χ2v) is 9.37. The monoisotopic (exact) mass is 530 g/mol. The molecule has 1 fully saturated rings. The number of ether oxygens (including phenoxy) is 4. The molecule has 0 aliphatic carbocycles. The van der Waals surface area contributed by atoms with Gasteiger partial charge in [-0.15, -0.1) is 0 Å². The number of rotatable bonds is 6. The van der Waals surface area contributed by atoms with Gasteiger partial charge in [0.2, 0.25) is 5.75 Å². The molecule has 1 atom stereocenters. The fourth-order valence-corrected chi connectivity index (χ4v) is 5.14. The minimum absolute atomic E-state index is 0.0446. The summed E-state index contributed by atoms with van der Waals surface area (Å²) in [7, 11) is 6.41. The van der Waals surface area contributed by atoms with Gasteiger partial charge in [0.1, 0.15) is 18.1 Å². The molecule has 39 heavy (non-hydrogen) atoms. The Morgan fingerprint density at radius 1 is 0.949 bits per heavy atom. The van der Waals surface area contributed by atoms with Crippen LogP contribution in [0.3, 0.4) is 0 Å². The molecule has 0 radical (unpaired) electrons. The van der Waals surface area contributed by atoms with Crippen molar-refractivity contribution in [2.24, 2.45) is 0 Å². The highest BCUT2D eigenvalue weighted by Crippen LogP contribution is 2.48. The van der Waals surface area contributed by atoms with Crippen LogP contribution in [0.5, 0.6) is 23.0 Å². The summed E-state index contributed by atoms with van der Waals surface area (Å²) in [4.78, 5) is 30.7. The molecule has 9 nitrogen and oxygen atoms in total. The van der Waals surface area contributed by atoms with Crippen LogP contribution in [0.4, 0.5) is 11.4 Å². The van der Waals surface area contributed by atoms with Gasteiger partial charge < -0.3 is 29.0 Å². The van der Waals surface area contributed by atoms with Gasteiger partial charge in [0.25, 0.3) is 11.7 Å². The van der Waals surface area contributed by atoms with Crippen molar-refractivity contribution in [1.82, 2.24) is 0 Å². The Balaban J connectivity index is 1.77. The van der Waals surface area contributed by atoms with Crippen LogP contribution in [0, 0.1) is 6.92 Å². The number of hydrogen-bond acceptors (Lipinski definition) is 8. The van der Waals surface area contributed by atoms with Crippen molar-refractivity contribution in [1.29, 1.82) is 0 Å². The van der Waals surface area contributed by atoms with E-state index in [0.717, 1.165) is 11.3 Å². The Bertz CT molecular complexity index is 1470. The van der Waals surface area contributed by atoms with Crippen molar-refractivity contribution in [3.8, 4) is 23.0 Å². The number of anilines is 2. The molecule has 9 heteroatoms. The standard InChI is InChI=1S/C30H30N2O7/c1-17-8-6-7-9-20(17)32-26(19-15-23(36-3)29(38-5)24(16-19)37-4)25(28(34)30(32)35)27(33)18-10-11-22-21(14-18)31(2)12-13-39-22/h6-11,14-16,26,33H,12-13H2,1-5H3/b27-25+. The Hall–Kier alpha value is -4.66. The van der Waals surface area contributed by atoms with E-state index in [1.807, 2.05) is 31.0 Å². The van der Waals surface area contributed by atoms with Crippen LogP contribution in [-0.4, -0.2) is 58.3 Å². The van der Waals surface area contributed by atoms with Gasteiger partial charge >= 0.3 is 0 Å². The predicted octanol–water partition coefficient (Wildman–Crippen LogP) is 4.48. The molecular formula is C30H30N2O7. The molecule has 2 aliphatic rings. The van der Waals surface area contributed by atoms with E-state index in [4.69, 9.17) is 18.9 Å². The number of benzene rings is 3. The van der Waals surface area contributed by atoms with Gasteiger partial charge in [-0.05, 0) is 54.4 Å². The van der Waals surface area contributed by atoms with Crippen LogP contribution in [0.25, 0.3) is 5.76 Å². The lowest BCUT2D eigenvalue weighted by Gasteiger charge is -2.29. The number of nitrogens with zero attached hydrogens (tertiary/aromatic N) is 2. The number of Topliss-reactive ketones (excluding diaryl/α,β-unsaturated/α-hetero) is 1. The maximum atomic E-state index is 13.7. The van der Waals surface area contributed by atoms with E-state index in [1.54, 1.807) is 42.5 Å². The summed E-state index contributed by atoms with van der Waals surface area (Å²) >= 11 is 0. The molecule has 3 aromatic rings. The van der Waals surface area contributed by atoms with Crippen LogP contribution in [-0.2, 0) is 9.59 Å². The smallest absolute Gasteiger partial charge is 0.300 e. The Labute approximate surface area is 226 Å². The normalized spacial score (nSPS) is 18.0. The fourth-order valence-electron chi connectivity index (χ4n) is 5.14. The number of carbonyl (C=O) groups is 2. The summed E-state index contributed by atoms with van der Waals surface area (Å²) in [5, 5.41) is 11.6. The summed E-state index contributed by atoms with van der Waals surface area (Å²) in [5.41, 5.74) is 2.98. The van der Waals surface area contributed by atoms with Crippen LogP contribution in [0.15, 0.2) is 60.2 Å². The summed E-state index contributed by atoms with van der Waals surface area (Å²) in [6.45, 7) is 3.10. The number of amides is 1. The Morgan fingerprint density at radius 3 is 2.28 bits per heavy atom. The lowest BCUT2D eigenvalue weighted by molar-refractivity contribution is -0.132.